The minimum atomic E-state index is -0.285. The van der Waals surface area contributed by atoms with E-state index in [0.717, 1.165) is 36.9 Å². The number of nitrogens with one attached hydrogen (secondary N) is 1. The summed E-state index contributed by atoms with van der Waals surface area (Å²) < 4.78 is 2.92. The minimum Gasteiger partial charge on any atom is -0.352 e. The average molecular weight is 386 g/mol. The van der Waals surface area contributed by atoms with Crippen molar-refractivity contribution in [1.29, 1.82) is 0 Å². The lowest BCUT2D eigenvalue weighted by Gasteiger charge is -2.12. The number of carbonyl (C=O) groups is 1. The number of carbonyl (C=O) groups excluding carboxylic acids is 1. The summed E-state index contributed by atoms with van der Waals surface area (Å²) >= 11 is 6.10. The molecule has 0 aliphatic heterocycles. The topological polar surface area (TPSA) is 81.8 Å². The molecule has 140 valence electrons. The molecule has 0 spiro atoms. The molecule has 0 saturated heterocycles. The molecule has 2 heterocycles. The molecule has 1 aromatic carbocycles. The second-order valence-corrected chi connectivity index (χ2v) is 7.39. The van der Waals surface area contributed by atoms with Crippen LogP contribution in [0.15, 0.2) is 35.5 Å². The summed E-state index contributed by atoms with van der Waals surface area (Å²) in [5, 5.41) is 8.24. The van der Waals surface area contributed by atoms with E-state index in [2.05, 4.69) is 15.4 Å². The van der Waals surface area contributed by atoms with Crippen LogP contribution in [0.4, 0.5) is 0 Å². The quantitative estimate of drug-likeness (QED) is 0.748. The molecule has 0 unspecified atom stereocenters. The highest BCUT2D eigenvalue weighted by molar-refractivity contribution is 6.30. The Hall–Kier alpha value is -2.67. The lowest BCUT2D eigenvalue weighted by molar-refractivity contribution is -0.122. The molecule has 27 heavy (non-hydrogen) atoms. The maximum atomic E-state index is 12.8. The van der Waals surface area contributed by atoms with Crippen LogP contribution in [0.5, 0.6) is 0 Å². The summed E-state index contributed by atoms with van der Waals surface area (Å²) in [7, 11) is 0. The number of nitrogens with zero attached hydrogens (tertiary/aromatic N) is 4. The number of benzene rings is 1. The number of hydrogen-bond acceptors (Lipinski definition) is 4. The van der Waals surface area contributed by atoms with Crippen LogP contribution in [0, 0.1) is 6.92 Å². The van der Waals surface area contributed by atoms with Gasteiger partial charge in [-0.05, 0) is 37.5 Å². The summed E-state index contributed by atoms with van der Waals surface area (Å²) in [5.41, 5.74) is 1.89. The molecule has 1 N–H and O–H groups in total. The van der Waals surface area contributed by atoms with Crippen molar-refractivity contribution in [3.63, 3.8) is 0 Å². The molecule has 0 bridgehead atoms. The summed E-state index contributed by atoms with van der Waals surface area (Å²) in [6, 6.07) is 5.69. The van der Waals surface area contributed by atoms with Gasteiger partial charge in [-0.2, -0.15) is 5.10 Å². The van der Waals surface area contributed by atoms with Crippen LogP contribution in [0.25, 0.3) is 16.7 Å². The molecule has 3 aromatic rings. The minimum absolute atomic E-state index is 0.0420. The first kappa shape index (κ1) is 17.7. The third-order valence-corrected chi connectivity index (χ3v) is 5.22. The lowest BCUT2D eigenvalue weighted by Crippen LogP contribution is -2.37. The molecular formula is C19H20ClN5O2. The van der Waals surface area contributed by atoms with E-state index in [1.165, 1.54) is 17.1 Å². The molecule has 1 saturated carbocycles. The average Bonchev–Trinajstić information content (AvgIpc) is 3.29. The van der Waals surface area contributed by atoms with E-state index in [9.17, 15) is 9.59 Å². The van der Waals surface area contributed by atoms with E-state index < -0.39 is 0 Å². The highest BCUT2D eigenvalue weighted by Crippen LogP contribution is 2.21. The van der Waals surface area contributed by atoms with Gasteiger partial charge in [0, 0.05) is 11.1 Å². The Labute approximate surface area is 161 Å². The Bertz CT molecular complexity index is 1070. The van der Waals surface area contributed by atoms with Crippen molar-refractivity contribution in [2.24, 2.45) is 0 Å². The maximum absolute atomic E-state index is 12.8. The Morgan fingerprint density at radius 3 is 2.89 bits per heavy atom. The molecule has 0 radical (unpaired) electrons. The van der Waals surface area contributed by atoms with Gasteiger partial charge in [-0.25, -0.2) is 9.67 Å². The molecule has 1 fully saturated rings. The van der Waals surface area contributed by atoms with Crippen LogP contribution < -0.4 is 10.9 Å². The SMILES string of the molecule is Cc1ccc(Cl)cc1-n1ncc2c(=O)n(CC(=O)NC3CCCC3)cnc21. The highest BCUT2D eigenvalue weighted by atomic mass is 35.5. The fraction of sp³-hybridized carbons (Fsp3) is 0.368. The van der Waals surface area contributed by atoms with E-state index in [4.69, 9.17) is 11.6 Å². The third-order valence-electron chi connectivity index (χ3n) is 4.99. The van der Waals surface area contributed by atoms with Crippen LogP contribution >= 0.6 is 11.6 Å². The summed E-state index contributed by atoms with van der Waals surface area (Å²) in [4.78, 5) is 29.4. The van der Waals surface area contributed by atoms with Crippen molar-refractivity contribution in [2.75, 3.05) is 0 Å². The second-order valence-electron chi connectivity index (χ2n) is 6.95. The van der Waals surface area contributed by atoms with E-state index in [1.54, 1.807) is 16.8 Å². The highest BCUT2D eigenvalue weighted by Gasteiger charge is 2.18. The van der Waals surface area contributed by atoms with Crippen LogP contribution in [0.3, 0.4) is 0 Å². The summed E-state index contributed by atoms with van der Waals surface area (Å²) in [6.07, 6.45) is 7.17. The Balaban J connectivity index is 1.64. The number of amides is 1. The first-order chi connectivity index (χ1) is 13.0. The lowest BCUT2D eigenvalue weighted by atomic mass is 10.2. The number of hydrogen-bond donors (Lipinski definition) is 1. The van der Waals surface area contributed by atoms with Crippen LogP contribution in [0.2, 0.25) is 5.02 Å². The molecule has 1 aliphatic rings. The van der Waals surface area contributed by atoms with Gasteiger partial charge in [0.2, 0.25) is 5.91 Å². The number of rotatable bonds is 4. The second kappa shape index (κ2) is 7.15. The zero-order valence-corrected chi connectivity index (χ0v) is 15.7. The molecular weight excluding hydrogens is 366 g/mol. The number of fused-ring (bicyclic) bond motifs is 1. The molecule has 4 rings (SSSR count). The van der Waals surface area contributed by atoms with Gasteiger partial charge in [0.15, 0.2) is 5.65 Å². The Morgan fingerprint density at radius 2 is 2.11 bits per heavy atom. The Kier molecular flexibility index (Phi) is 4.70. The molecule has 7 nitrogen and oxygen atoms in total. The number of aryl methyl sites for hydroxylation is 1. The first-order valence-electron chi connectivity index (χ1n) is 9.02. The molecule has 1 amide bonds. The van der Waals surface area contributed by atoms with Crippen molar-refractivity contribution < 1.29 is 4.79 Å². The Morgan fingerprint density at radius 1 is 1.33 bits per heavy atom. The normalized spacial score (nSPS) is 14.7. The van der Waals surface area contributed by atoms with Crippen LogP contribution in [0.1, 0.15) is 31.2 Å². The van der Waals surface area contributed by atoms with E-state index in [1.807, 2.05) is 13.0 Å². The number of aromatic nitrogens is 4. The number of halogens is 1. The van der Waals surface area contributed by atoms with Gasteiger partial charge in [0.05, 0.1) is 11.9 Å². The van der Waals surface area contributed by atoms with Crippen molar-refractivity contribution in [2.45, 2.75) is 45.2 Å². The predicted octanol–water partition coefficient (Wildman–Crippen LogP) is 2.60. The monoisotopic (exact) mass is 385 g/mol. The third kappa shape index (κ3) is 3.47. The van der Waals surface area contributed by atoms with Crippen molar-refractivity contribution >= 4 is 28.5 Å². The fourth-order valence-corrected chi connectivity index (χ4v) is 3.71. The van der Waals surface area contributed by atoms with Gasteiger partial charge in [0.25, 0.3) is 5.56 Å². The van der Waals surface area contributed by atoms with Gasteiger partial charge in [0.1, 0.15) is 18.3 Å². The van der Waals surface area contributed by atoms with Gasteiger partial charge in [-0.15, -0.1) is 0 Å². The molecule has 2 aromatic heterocycles. The van der Waals surface area contributed by atoms with Gasteiger partial charge in [-0.1, -0.05) is 30.5 Å². The zero-order valence-electron chi connectivity index (χ0n) is 15.0. The fourth-order valence-electron chi connectivity index (χ4n) is 3.55. The van der Waals surface area contributed by atoms with Crippen LogP contribution in [-0.2, 0) is 11.3 Å². The zero-order chi connectivity index (χ0) is 19.0. The first-order valence-corrected chi connectivity index (χ1v) is 9.40. The van der Waals surface area contributed by atoms with Crippen molar-refractivity contribution in [3.05, 3.63) is 51.7 Å². The van der Waals surface area contributed by atoms with Gasteiger partial charge in [-0.3, -0.25) is 14.2 Å². The summed E-state index contributed by atoms with van der Waals surface area (Å²) in [5.74, 6) is -0.164. The summed E-state index contributed by atoms with van der Waals surface area (Å²) in [6.45, 7) is 1.90. The van der Waals surface area contributed by atoms with Gasteiger partial charge < -0.3 is 5.32 Å². The molecule has 0 atom stereocenters. The smallest absolute Gasteiger partial charge is 0.264 e. The molecule has 1 aliphatic carbocycles. The van der Waals surface area contributed by atoms with Crippen LogP contribution in [-0.4, -0.2) is 31.3 Å². The standard InChI is InChI=1S/C19H20ClN5O2/c1-12-6-7-13(20)8-16(12)25-18-15(9-22-25)19(27)24(11-21-18)10-17(26)23-14-4-2-3-5-14/h6-9,11,14H,2-5,10H2,1H3,(H,23,26). The van der Waals surface area contributed by atoms with E-state index >= 15 is 0 Å². The van der Waals surface area contributed by atoms with E-state index in [-0.39, 0.29) is 24.1 Å². The predicted molar refractivity (Wildman–Crippen MR) is 103 cm³/mol. The van der Waals surface area contributed by atoms with Gasteiger partial charge >= 0.3 is 0 Å². The van der Waals surface area contributed by atoms with Crippen molar-refractivity contribution in [1.82, 2.24) is 24.6 Å². The largest absolute Gasteiger partial charge is 0.352 e. The maximum Gasteiger partial charge on any atom is 0.264 e. The van der Waals surface area contributed by atoms with Crippen molar-refractivity contribution in [3.8, 4) is 5.69 Å². The molecule has 8 heteroatoms. The van der Waals surface area contributed by atoms with E-state index in [0.29, 0.717) is 16.1 Å².